The van der Waals surface area contributed by atoms with Crippen LogP contribution in [0.3, 0.4) is 0 Å². The highest BCUT2D eigenvalue weighted by Gasteiger charge is 2.21. The molecule has 8 heteroatoms. The lowest BCUT2D eigenvalue weighted by Crippen LogP contribution is -2.32. The van der Waals surface area contributed by atoms with Crippen LogP contribution < -0.4 is 9.64 Å². The van der Waals surface area contributed by atoms with Gasteiger partial charge in [-0.25, -0.2) is 9.97 Å². The van der Waals surface area contributed by atoms with Crippen molar-refractivity contribution in [2.45, 2.75) is 39.8 Å². The Bertz CT molecular complexity index is 1160. The van der Waals surface area contributed by atoms with Gasteiger partial charge in [-0.3, -0.25) is 9.69 Å². The normalized spacial score (nSPS) is 10.9. The number of nitrogens with zero attached hydrogens (tertiary/aromatic N) is 4. The molecule has 0 saturated heterocycles. The number of hydrogen-bond donors (Lipinski definition) is 0. The number of carbonyl (C=O) groups is 1. The van der Waals surface area contributed by atoms with Crippen LogP contribution in [0.4, 0.5) is 5.13 Å². The molecular formula is C24H27ClN4O2S. The zero-order valence-electron chi connectivity index (χ0n) is 18.4. The summed E-state index contributed by atoms with van der Waals surface area (Å²) in [4.78, 5) is 24.1. The summed E-state index contributed by atoms with van der Waals surface area (Å²) in [6.07, 6.45) is 6.37. The van der Waals surface area contributed by atoms with Crippen LogP contribution in [-0.2, 0) is 6.54 Å². The number of thiazole rings is 1. The fraction of sp³-hybridized carbons (Fsp3) is 0.292. The largest absolute Gasteiger partial charge is 0.491 e. The van der Waals surface area contributed by atoms with Crippen LogP contribution >= 0.6 is 23.7 Å². The number of imidazole rings is 1. The maximum atomic E-state index is 13.4. The summed E-state index contributed by atoms with van der Waals surface area (Å²) in [7, 11) is 0. The zero-order valence-corrected chi connectivity index (χ0v) is 20.0. The highest BCUT2D eigenvalue weighted by Crippen LogP contribution is 2.31. The first-order chi connectivity index (χ1) is 15.0. The van der Waals surface area contributed by atoms with E-state index in [1.165, 1.54) is 5.56 Å². The van der Waals surface area contributed by atoms with Crippen molar-refractivity contribution in [3.05, 3.63) is 72.3 Å². The second-order valence-corrected chi connectivity index (χ2v) is 8.78. The summed E-state index contributed by atoms with van der Waals surface area (Å²) in [5.41, 5.74) is 2.72. The van der Waals surface area contributed by atoms with E-state index >= 15 is 0 Å². The first kappa shape index (κ1) is 23.8. The lowest BCUT2D eigenvalue weighted by molar-refractivity contribution is 0.0986. The number of aryl methyl sites for hydroxylation is 2. The quantitative estimate of drug-likeness (QED) is 0.329. The van der Waals surface area contributed by atoms with Gasteiger partial charge >= 0.3 is 0 Å². The number of ether oxygens (including phenoxy) is 1. The van der Waals surface area contributed by atoms with Gasteiger partial charge in [-0.1, -0.05) is 17.4 Å². The predicted molar refractivity (Wildman–Crippen MR) is 132 cm³/mol. The van der Waals surface area contributed by atoms with E-state index in [0.717, 1.165) is 34.1 Å². The van der Waals surface area contributed by atoms with E-state index in [1.54, 1.807) is 28.8 Å². The summed E-state index contributed by atoms with van der Waals surface area (Å²) < 4.78 is 8.81. The van der Waals surface area contributed by atoms with Crippen LogP contribution in [0, 0.1) is 6.92 Å². The van der Waals surface area contributed by atoms with Crippen molar-refractivity contribution in [1.29, 1.82) is 0 Å². The molecule has 0 aliphatic carbocycles. The molecule has 0 aliphatic heterocycles. The summed E-state index contributed by atoms with van der Waals surface area (Å²) in [6, 6.07) is 13.5. The van der Waals surface area contributed by atoms with Crippen LogP contribution in [0.25, 0.3) is 10.2 Å². The maximum absolute atomic E-state index is 13.4. The molecule has 0 atom stereocenters. The minimum Gasteiger partial charge on any atom is -0.491 e. The Balaban J connectivity index is 0.00000289. The monoisotopic (exact) mass is 470 g/mol. The zero-order chi connectivity index (χ0) is 21.8. The topological polar surface area (TPSA) is 60.2 Å². The molecule has 4 rings (SSSR count). The first-order valence-electron chi connectivity index (χ1n) is 10.4. The van der Waals surface area contributed by atoms with Gasteiger partial charge in [0.05, 0.1) is 22.6 Å². The molecule has 0 aliphatic rings. The summed E-state index contributed by atoms with van der Waals surface area (Å²) in [5.74, 6) is 0.700. The number of fused-ring (bicyclic) bond motifs is 1. The molecule has 32 heavy (non-hydrogen) atoms. The highest BCUT2D eigenvalue weighted by atomic mass is 35.5. The van der Waals surface area contributed by atoms with Gasteiger partial charge in [0.2, 0.25) is 0 Å². The van der Waals surface area contributed by atoms with Crippen molar-refractivity contribution in [3.63, 3.8) is 0 Å². The van der Waals surface area contributed by atoms with Gasteiger partial charge < -0.3 is 9.30 Å². The molecule has 0 spiro atoms. The molecule has 1 amide bonds. The van der Waals surface area contributed by atoms with Crippen molar-refractivity contribution in [2.75, 3.05) is 11.4 Å². The minimum absolute atomic E-state index is 0. The predicted octanol–water partition coefficient (Wildman–Crippen LogP) is 5.75. The molecular weight excluding hydrogens is 444 g/mol. The average molecular weight is 471 g/mol. The Morgan fingerprint density at radius 2 is 1.97 bits per heavy atom. The standard InChI is InChI=1S/C24H26N4O2S.ClH/c1-17(2)30-20-8-6-19(7-9-20)23(29)28(13-4-12-27-14-11-25-16-27)24-26-21-10-5-18(3)15-22(21)31-24;/h5-11,14-17H,4,12-13H2,1-3H3;1H. The molecule has 4 aromatic rings. The number of amides is 1. The number of aromatic nitrogens is 3. The van der Waals surface area contributed by atoms with E-state index in [0.29, 0.717) is 12.1 Å². The lowest BCUT2D eigenvalue weighted by Gasteiger charge is -2.20. The first-order valence-corrected chi connectivity index (χ1v) is 11.2. The van der Waals surface area contributed by atoms with E-state index in [9.17, 15) is 4.79 Å². The lowest BCUT2D eigenvalue weighted by atomic mass is 10.2. The SMILES string of the molecule is Cc1ccc2nc(N(CCCn3ccnc3)C(=O)c3ccc(OC(C)C)cc3)sc2c1.Cl. The number of hydrogen-bond acceptors (Lipinski definition) is 5. The van der Waals surface area contributed by atoms with Gasteiger partial charge in [-0.2, -0.15) is 0 Å². The van der Waals surface area contributed by atoms with Gasteiger partial charge in [-0.15, -0.1) is 12.4 Å². The number of benzene rings is 2. The number of rotatable bonds is 8. The van der Waals surface area contributed by atoms with Crippen molar-refractivity contribution in [3.8, 4) is 5.75 Å². The molecule has 168 valence electrons. The van der Waals surface area contributed by atoms with Crippen LogP contribution in [0.2, 0.25) is 0 Å². The van der Waals surface area contributed by atoms with Crippen LogP contribution in [0.15, 0.2) is 61.2 Å². The molecule has 0 unspecified atom stereocenters. The molecule has 6 nitrogen and oxygen atoms in total. The van der Waals surface area contributed by atoms with E-state index in [2.05, 4.69) is 18.0 Å². The fourth-order valence-electron chi connectivity index (χ4n) is 3.35. The van der Waals surface area contributed by atoms with Crippen LogP contribution in [0.5, 0.6) is 5.75 Å². The molecule has 0 saturated carbocycles. The summed E-state index contributed by atoms with van der Waals surface area (Å²) in [6.45, 7) is 7.38. The van der Waals surface area contributed by atoms with E-state index in [1.807, 2.05) is 61.0 Å². The molecule has 0 fully saturated rings. The Hall–Kier alpha value is -2.90. The second-order valence-electron chi connectivity index (χ2n) is 7.77. The maximum Gasteiger partial charge on any atom is 0.260 e. The van der Waals surface area contributed by atoms with Crippen molar-refractivity contribution in [2.24, 2.45) is 0 Å². The third-order valence-electron chi connectivity index (χ3n) is 4.84. The Morgan fingerprint density at radius 1 is 1.19 bits per heavy atom. The molecule has 0 bridgehead atoms. The summed E-state index contributed by atoms with van der Waals surface area (Å²) in [5, 5.41) is 0.721. The van der Waals surface area contributed by atoms with Crippen LogP contribution in [-0.4, -0.2) is 33.1 Å². The van der Waals surface area contributed by atoms with E-state index < -0.39 is 0 Å². The third kappa shape index (κ3) is 5.66. The third-order valence-corrected chi connectivity index (χ3v) is 5.88. The number of halogens is 1. The van der Waals surface area contributed by atoms with Gasteiger partial charge in [0.1, 0.15) is 5.75 Å². The van der Waals surface area contributed by atoms with Crippen molar-refractivity contribution in [1.82, 2.24) is 14.5 Å². The molecule has 0 radical (unpaired) electrons. The van der Waals surface area contributed by atoms with Gasteiger partial charge in [0.25, 0.3) is 5.91 Å². The average Bonchev–Trinajstić information content (AvgIpc) is 3.40. The second kappa shape index (κ2) is 10.6. The minimum atomic E-state index is -0.0579. The van der Waals surface area contributed by atoms with Crippen molar-refractivity contribution < 1.29 is 9.53 Å². The molecule has 0 N–H and O–H groups in total. The van der Waals surface area contributed by atoms with Gasteiger partial charge in [0.15, 0.2) is 5.13 Å². The van der Waals surface area contributed by atoms with Crippen LogP contribution in [0.1, 0.15) is 36.2 Å². The van der Waals surface area contributed by atoms with Crippen molar-refractivity contribution >= 4 is 45.0 Å². The van der Waals surface area contributed by atoms with Gasteiger partial charge in [0, 0.05) is 31.0 Å². The Morgan fingerprint density at radius 3 is 2.66 bits per heavy atom. The highest BCUT2D eigenvalue weighted by molar-refractivity contribution is 7.22. The smallest absolute Gasteiger partial charge is 0.260 e. The van der Waals surface area contributed by atoms with E-state index in [4.69, 9.17) is 9.72 Å². The number of carbonyl (C=O) groups excluding carboxylic acids is 1. The Labute approximate surface area is 198 Å². The van der Waals surface area contributed by atoms with E-state index in [-0.39, 0.29) is 24.4 Å². The number of anilines is 1. The van der Waals surface area contributed by atoms with Gasteiger partial charge in [-0.05, 0) is 69.2 Å². The summed E-state index contributed by atoms with van der Waals surface area (Å²) >= 11 is 1.55. The molecule has 2 aromatic heterocycles. The fourth-order valence-corrected chi connectivity index (χ4v) is 4.44. The Kier molecular flexibility index (Phi) is 7.88. The molecule has 2 aromatic carbocycles. The molecule has 2 heterocycles.